The van der Waals surface area contributed by atoms with Crippen molar-refractivity contribution in [1.29, 1.82) is 5.26 Å². The molecule has 3 heterocycles. The minimum atomic E-state index is -1.21. The van der Waals surface area contributed by atoms with Crippen LogP contribution in [0, 0.1) is 11.3 Å². The van der Waals surface area contributed by atoms with Gasteiger partial charge in [-0.2, -0.15) is 10.4 Å². The molecule has 2 atom stereocenters. The zero-order valence-corrected chi connectivity index (χ0v) is 15.9. The number of nitriles is 1. The molecule has 1 aromatic heterocycles. The summed E-state index contributed by atoms with van der Waals surface area (Å²) in [5, 5.41) is 28.4. The zero-order valence-electron chi connectivity index (χ0n) is 13.5. The topological polar surface area (TPSA) is 152 Å². The largest absolute Gasteiger partial charge is 0.477 e. The molecule has 1 saturated heterocycles. The second-order valence-corrected chi connectivity index (χ2v) is 8.25. The zero-order chi connectivity index (χ0) is 19.4. The Morgan fingerprint density at radius 3 is 3.07 bits per heavy atom. The molecule has 10 nitrogen and oxygen atoms in total. The van der Waals surface area contributed by atoms with Crippen molar-refractivity contribution >= 4 is 53.1 Å². The smallest absolute Gasteiger partial charge is 0.353 e. The number of carboxylic acids is 1. The number of aromatic amines is 1. The van der Waals surface area contributed by atoms with Crippen molar-refractivity contribution in [2.45, 2.75) is 16.6 Å². The van der Waals surface area contributed by atoms with Crippen molar-refractivity contribution in [2.75, 3.05) is 11.5 Å². The third-order valence-corrected chi connectivity index (χ3v) is 6.71. The fourth-order valence-electron chi connectivity index (χ4n) is 2.45. The third kappa shape index (κ3) is 4.12. The average molecular weight is 424 g/mol. The molecule has 1 fully saturated rings. The first-order valence-corrected chi connectivity index (χ1v) is 10.3. The lowest BCUT2D eigenvalue weighted by Gasteiger charge is -2.49. The van der Waals surface area contributed by atoms with E-state index >= 15 is 0 Å². The number of carbonyl (C=O) groups is 3. The third-order valence-electron chi connectivity index (χ3n) is 3.52. The number of β-lactam (4-membered cyclic amide) rings is 1. The van der Waals surface area contributed by atoms with Gasteiger partial charge >= 0.3 is 5.97 Å². The Morgan fingerprint density at radius 1 is 1.59 bits per heavy atom. The maximum absolute atomic E-state index is 12.5. The quantitative estimate of drug-likeness (QED) is 0.413. The van der Waals surface area contributed by atoms with Crippen LogP contribution in [-0.4, -0.2) is 65.9 Å². The molecule has 0 bridgehead atoms. The highest BCUT2D eigenvalue weighted by Gasteiger charge is 2.54. The summed E-state index contributed by atoms with van der Waals surface area (Å²) < 4.78 is 0. The molecule has 140 valence electrons. The monoisotopic (exact) mass is 424 g/mol. The lowest BCUT2D eigenvalue weighted by Crippen LogP contribution is -2.70. The first-order valence-electron chi connectivity index (χ1n) is 7.43. The summed E-state index contributed by atoms with van der Waals surface area (Å²) in [6, 6.07) is 1.04. The molecule has 2 aliphatic heterocycles. The first kappa shape index (κ1) is 19.3. The van der Waals surface area contributed by atoms with Gasteiger partial charge in [0.2, 0.25) is 5.91 Å². The van der Waals surface area contributed by atoms with Gasteiger partial charge in [0, 0.05) is 16.7 Å². The van der Waals surface area contributed by atoms with Crippen LogP contribution in [0.3, 0.4) is 0 Å². The van der Waals surface area contributed by atoms with E-state index < -0.39 is 23.3 Å². The predicted octanol–water partition coefficient (Wildman–Crippen LogP) is 0.363. The summed E-state index contributed by atoms with van der Waals surface area (Å²) in [7, 11) is 0. The number of hydrogen-bond acceptors (Lipinski definition) is 9. The summed E-state index contributed by atoms with van der Waals surface area (Å²) in [5.74, 6) is -1.60. The van der Waals surface area contributed by atoms with Gasteiger partial charge in [0.05, 0.1) is 11.8 Å². The molecule has 0 aromatic carbocycles. The number of fused-ring (bicyclic) bond motifs is 1. The van der Waals surface area contributed by atoms with Gasteiger partial charge in [-0.3, -0.25) is 19.6 Å². The van der Waals surface area contributed by atoms with Crippen molar-refractivity contribution in [1.82, 2.24) is 25.4 Å². The van der Waals surface area contributed by atoms with Gasteiger partial charge < -0.3 is 10.4 Å². The van der Waals surface area contributed by atoms with Crippen LogP contribution in [0.4, 0.5) is 0 Å². The molecule has 0 unspecified atom stereocenters. The molecule has 3 rings (SSSR count). The standard InChI is InChI=1S/C14H12N6O4S3/c15-2-1-3-25-5-8(21)18-9-11(22)20-10(13(23)24)7(4-26-12(9)20)27-14-16-6-17-19-14/h1,3,6,9,12H,4-5H2,(H,18,21)(H,23,24)(H,16,17,19)/b3-1-/t9-,12+/m1/s1. The van der Waals surface area contributed by atoms with Gasteiger partial charge in [0.1, 0.15) is 23.4 Å². The fourth-order valence-corrected chi connectivity index (χ4v) is 5.28. The number of nitrogens with zero attached hydrogens (tertiary/aromatic N) is 4. The number of allylic oxidation sites excluding steroid dienone is 1. The molecule has 3 N–H and O–H groups in total. The molecule has 27 heavy (non-hydrogen) atoms. The van der Waals surface area contributed by atoms with E-state index in [9.17, 15) is 19.5 Å². The van der Waals surface area contributed by atoms with Gasteiger partial charge in [-0.05, 0) is 5.41 Å². The number of nitrogens with one attached hydrogen (secondary N) is 2. The van der Waals surface area contributed by atoms with Gasteiger partial charge in [0.25, 0.3) is 5.91 Å². The summed E-state index contributed by atoms with van der Waals surface area (Å²) in [5.41, 5.74) is -0.0954. The van der Waals surface area contributed by atoms with E-state index in [-0.39, 0.29) is 17.4 Å². The number of carboxylic acid groups (broad SMARTS) is 1. The van der Waals surface area contributed by atoms with Gasteiger partial charge in [-0.15, -0.1) is 23.5 Å². The van der Waals surface area contributed by atoms with E-state index in [1.54, 1.807) is 0 Å². The number of thioether (sulfide) groups is 3. The highest BCUT2D eigenvalue weighted by atomic mass is 32.2. The Hall–Kier alpha value is -2.43. The van der Waals surface area contributed by atoms with Crippen molar-refractivity contribution in [3.63, 3.8) is 0 Å². The molecule has 2 amide bonds. The number of aliphatic carboxylic acids is 1. The van der Waals surface area contributed by atoms with Crippen molar-refractivity contribution in [2.24, 2.45) is 0 Å². The van der Waals surface area contributed by atoms with E-state index in [4.69, 9.17) is 5.26 Å². The van der Waals surface area contributed by atoms with Crippen molar-refractivity contribution < 1.29 is 19.5 Å². The Kier molecular flexibility index (Phi) is 6.09. The number of amides is 2. The van der Waals surface area contributed by atoms with Gasteiger partial charge in [-0.25, -0.2) is 9.78 Å². The summed E-state index contributed by atoms with van der Waals surface area (Å²) in [4.78, 5) is 41.7. The maximum atomic E-state index is 12.5. The molecule has 13 heteroatoms. The molecule has 0 radical (unpaired) electrons. The number of H-pyrrole nitrogens is 1. The Morgan fingerprint density at radius 2 is 2.41 bits per heavy atom. The molecule has 1 aromatic rings. The van der Waals surface area contributed by atoms with E-state index in [0.717, 1.165) is 23.5 Å². The van der Waals surface area contributed by atoms with Crippen LogP contribution in [0.2, 0.25) is 0 Å². The lowest BCUT2D eigenvalue weighted by molar-refractivity contribution is -0.150. The normalized spacial score (nSPS) is 21.6. The number of carbonyl (C=O) groups excluding carboxylic acids is 2. The van der Waals surface area contributed by atoms with Crippen molar-refractivity contribution in [3.8, 4) is 6.07 Å². The highest BCUT2D eigenvalue weighted by molar-refractivity contribution is 8.06. The number of hydrogen-bond donors (Lipinski definition) is 3. The maximum Gasteiger partial charge on any atom is 0.353 e. The number of aromatic nitrogens is 3. The Bertz CT molecular complexity index is 863. The SMILES string of the molecule is N#C/C=C\SCC(=O)N[C@@H]1C(=O)N2C(C(=O)O)=C(Sc3ncn[nH]3)CS[C@@H]12. The molecular formula is C14H12N6O4S3. The molecule has 0 spiro atoms. The Labute approximate surface area is 165 Å². The molecule has 0 saturated carbocycles. The molecule has 0 aliphatic carbocycles. The van der Waals surface area contributed by atoms with E-state index in [1.165, 1.54) is 34.5 Å². The van der Waals surface area contributed by atoms with Crippen LogP contribution < -0.4 is 5.32 Å². The first-order chi connectivity index (χ1) is 13.0. The van der Waals surface area contributed by atoms with Gasteiger partial charge in [-0.1, -0.05) is 11.8 Å². The second kappa shape index (κ2) is 8.51. The minimum absolute atomic E-state index is 0.0631. The Balaban J connectivity index is 1.68. The average Bonchev–Trinajstić information content (AvgIpc) is 3.15. The van der Waals surface area contributed by atoms with E-state index in [2.05, 4.69) is 20.5 Å². The van der Waals surface area contributed by atoms with Crippen LogP contribution in [-0.2, 0) is 14.4 Å². The molecule has 2 aliphatic rings. The van der Waals surface area contributed by atoms with Crippen LogP contribution >= 0.6 is 35.3 Å². The highest BCUT2D eigenvalue weighted by Crippen LogP contribution is 2.44. The van der Waals surface area contributed by atoms with Crippen LogP contribution in [0.1, 0.15) is 0 Å². The molecular weight excluding hydrogens is 412 g/mol. The summed E-state index contributed by atoms with van der Waals surface area (Å²) in [6.45, 7) is 0. The minimum Gasteiger partial charge on any atom is -0.477 e. The van der Waals surface area contributed by atoms with Gasteiger partial charge in [0.15, 0.2) is 5.16 Å². The van der Waals surface area contributed by atoms with Crippen molar-refractivity contribution in [3.05, 3.63) is 28.4 Å². The van der Waals surface area contributed by atoms with Crippen LogP contribution in [0.25, 0.3) is 0 Å². The predicted molar refractivity (Wildman–Crippen MR) is 99.1 cm³/mol. The summed E-state index contributed by atoms with van der Waals surface area (Å²) in [6.07, 6.45) is 2.56. The van der Waals surface area contributed by atoms with E-state index in [1.807, 2.05) is 6.07 Å². The number of rotatable bonds is 7. The van der Waals surface area contributed by atoms with Crippen LogP contribution in [0.5, 0.6) is 0 Å². The van der Waals surface area contributed by atoms with E-state index in [0.29, 0.717) is 15.8 Å². The summed E-state index contributed by atoms with van der Waals surface area (Å²) >= 11 is 3.61. The van der Waals surface area contributed by atoms with Crippen LogP contribution in [0.15, 0.2) is 33.6 Å². The second-order valence-electron chi connectivity index (χ2n) is 5.17. The fraction of sp³-hybridized carbons (Fsp3) is 0.286. The lowest BCUT2D eigenvalue weighted by atomic mass is 10.1.